The molecule has 1 atom stereocenters. The van der Waals surface area contributed by atoms with Crippen molar-refractivity contribution in [2.24, 2.45) is 0 Å². The zero-order chi connectivity index (χ0) is 15.5. The standard InChI is InChI=1S/C15H20ClFN2O2/c1-15(14(20)21-2,19-8-3-6-18-7-9-19)11-4-5-13(17)12(16)10-11/h4-5,10,18H,3,6-9H2,1-2H3. The molecule has 1 saturated heterocycles. The molecule has 4 nitrogen and oxygen atoms in total. The Hall–Kier alpha value is -1.17. The highest BCUT2D eigenvalue weighted by atomic mass is 35.5. The van der Waals surface area contributed by atoms with Gasteiger partial charge in [-0.1, -0.05) is 17.7 Å². The van der Waals surface area contributed by atoms with E-state index in [-0.39, 0.29) is 11.0 Å². The maximum Gasteiger partial charge on any atom is 0.330 e. The summed E-state index contributed by atoms with van der Waals surface area (Å²) in [6.07, 6.45) is 0.932. The molecule has 1 heterocycles. The Morgan fingerprint density at radius 3 is 2.86 bits per heavy atom. The van der Waals surface area contributed by atoms with E-state index < -0.39 is 11.4 Å². The van der Waals surface area contributed by atoms with Gasteiger partial charge in [-0.25, -0.2) is 9.18 Å². The zero-order valence-electron chi connectivity index (χ0n) is 12.3. The number of rotatable bonds is 3. The van der Waals surface area contributed by atoms with E-state index in [1.165, 1.54) is 19.2 Å². The molecule has 116 valence electrons. The Kier molecular flexibility index (Phi) is 5.19. The monoisotopic (exact) mass is 314 g/mol. The van der Waals surface area contributed by atoms with Crippen LogP contribution in [0.3, 0.4) is 0 Å². The van der Waals surface area contributed by atoms with Gasteiger partial charge in [-0.3, -0.25) is 4.90 Å². The molecule has 1 N–H and O–H groups in total. The predicted octanol–water partition coefficient (Wildman–Crippen LogP) is 2.16. The number of esters is 1. The average Bonchev–Trinajstić information content (AvgIpc) is 2.77. The summed E-state index contributed by atoms with van der Waals surface area (Å²) in [6, 6.07) is 4.39. The van der Waals surface area contributed by atoms with Crippen molar-refractivity contribution in [1.29, 1.82) is 0 Å². The molecular formula is C15H20ClFN2O2. The third kappa shape index (κ3) is 3.20. The molecule has 21 heavy (non-hydrogen) atoms. The fourth-order valence-electron chi connectivity index (χ4n) is 2.72. The lowest BCUT2D eigenvalue weighted by Crippen LogP contribution is -2.51. The third-order valence-corrected chi connectivity index (χ3v) is 4.33. The lowest BCUT2D eigenvalue weighted by Gasteiger charge is -2.38. The summed E-state index contributed by atoms with van der Waals surface area (Å²) in [6.45, 7) is 4.97. The molecule has 0 amide bonds. The van der Waals surface area contributed by atoms with E-state index in [2.05, 4.69) is 10.2 Å². The molecule has 0 aliphatic carbocycles. The lowest BCUT2D eigenvalue weighted by atomic mass is 9.89. The minimum atomic E-state index is -0.974. The first kappa shape index (κ1) is 16.2. The van der Waals surface area contributed by atoms with Gasteiger partial charge in [-0.15, -0.1) is 0 Å². The average molecular weight is 315 g/mol. The fourth-order valence-corrected chi connectivity index (χ4v) is 2.90. The van der Waals surface area contributed by atoms with Crippen LogP contribution in [0.15, 0.2) is 18.2 Å². The maximum absolute atomic E-state index is 13.4. The molecule has 1 aromatic rings. The van der Waals surface area contributed by atoms with Crippen molar-refractivity contribution >= 4 is 17.6 Å². The Morgan fingerprint density at radius 1 is 1.43 bits per heavy atom. The lowest BCUT2D eigenvalue weighted by molar-refractivity contribution is -0.155. The van der Waals surface area contributed by atoms with Crippen LogP contribution in [-0.2, 0) is 15.1 Å². The molecule has 0 aromatic heterocycles. The molecule has 1 aliphatic heterocycles. The van der Waals surface area contributed by atoms with Gasteiger partial charge in [0.1, 0.15) is 11.4 Å². The highest BCUT2D eigenvalue weighted by Gasteiger charge is 2.42. The smallest absolute Gasteiger partial charge is 0.330 e. The van der Waals surface area contributed by atoms with Gasteiger partial charge < -0.3 is 10.1 Å². The molecule has 0 radical (unpaired) electrons. The Labute approximate surface area is 129 Å². The van der Waals surface area contributed by atoms with E-state index in [9.17, 15) is 9.18 Å². The van der Waals surface area contributed by atoms with E-state index >= 15 is 0 Å². The van der Waals surface area contributed by atoms with Crippen LogP contribution in [0.25, 0.3) is 0 Å². The minimum Gasteiger partial charge on any atom is -0.467 e. The first-order valence-corrected chi connectivity index (χ1v) is 7.37. The minimum absolute atomic E-state index is 0.00979. The summed E-state index contributed by atoms with van der Waals surface area (Å²) in [5.74, 6) is -0.864. The van der Waals surface area contributed by atoms with Crippen LogP contribution >= 0.6 is 11.6 Å². The fraction of sp³-hybridized carbons (Fsp3) is 0.533. The first-order chi connectivity index (χ1) is 10.00. The van der Waals surface area contributed by atoms with Gasteiger partial charge in [0.15, 0.2) is 0 Å². The number of nitrogens with one attached hydrogen (secondary N) is 1. The van der Waals surface area contributed by atoms with Crippen molar-refractivity contribution in [2.75, 3.05) is 33.3 Å². The van der Waals surface area contributed by atoms with E-state index in [1.54, 1.807) is 13.0 Å². The Morgan fingerprint density at radius 2 is 2.19 bits per heavy atom. The number of methoxy groups -OCH3 is 1. The number of hydrogen-bond donors (Lipinski definition) is 1. The van der Waals surface area contributed by atoms with Crippen molar-refractivity contribution in [3.8, 4) is 0 Å². The van der Waals surface area contributed by atoms with Crippen LogP contribution < -0.4 is 5.32 Å². The largest absolute Gasteiger partial charge is 0.467 e. The van der Waals surface area contributed by atoms with Crippen molar-refractivity contribution in [1.82, 2.24) is 10.2 Å². The molecule has 0 spiro atoms. The normalized spacial score (nSPS) is 19.6. The molecule has 1 unspecified atom stereocenters. The van der Waals surface area contributed by atoms with Crippen LogP contribution in [-0.4, -0.2) is 44.2 Å². The van der Waals surface area contributed by atoms with Crippen LogP contribution in [0.2, 0.25) is 5.02 Å². The quantitative estimate of drug-likeness (QED) is 0.868. The molecule has 0 saturated carbocycles. The van der Waals surface area contributed by atoms with Gasteiger partial charge in [-0.2, -0.15) is 0 Å². The van der Waals surface area contributed by atoms with Gasteiger partial charge in [0, 0.05) is 19.6 Å². The van der Waals surface area contributed by atoms with E-state index in [0.29, 0.717) is 12.1 Å². The summed E-state index contributed by atoms with van der Waals surface area (Å²) in [4.78, 5) is 14.5. The number of hydrogen-bond acceptors (Lipinski definition) is 4. The number of nitrogens with zero attached hydrogens (tertiary/aromatic N) is 1. The number of benzene rings is 1. The van der Waals surface area contributed by atoms with E-state index in [1.807, 2.05) is 0 Å². The molecule has 2 rings (SSSR count). The van der Waals surface area contributed by atoms with Gasteiger partial charge in [0.05, 0.1) is 12.1 Å². The number of ether oxygens (including phenoxy) is 1. The SMILES string of the molecule is COC(=O)C(C)(c1ccc(F)c(Cl)c1)N1CCCNCC1. The second-order valence-electron chi connectivity index (χ2n) is 5.28. The van der Waals surface area contributed by atoms with E-state index in [4.69, 9.17) is 16.3 Å². The first-order valence-electron chi connectivity index (χ1n) is 7.00. The third-order valence-electron chi connectivity index (χ3n) is 4.04. The highest BCUT2D eigenvalue weighted by Crippen LogP contribution is 2.32. The summed E-state index contributed by atoms with van der Waals surface area (Å²) in [5, 5.41) is 3.31. The second-order valence-corrected chi connectivity index (χ2v) is 5.69. The summed E-state index contributed by atoms with van der Waals surface area (Å²) in [5.41, 5.74) is -0.333. The van der Waals surface area contributed by atoms with Crippen LogP contribution in [0.5, 0.6) is 0 Å². The summed E-state index contributed by atoms with van der Waals surface area (Å²) < 4.78 is 18.4. The van der Waals surface area contributed by atoms with Crippen molar-refractivity contribution in [3.05, 3.63) is 34.6 Å². The number of carbonyl (C=O) groups excluding carboxylic acids is 1. The molecule has 1 aromatic carbocycles. The number of halogens is 2. The van der Waals surface area contributed by atoms with E-state index in [0.717, 1.165) is 26.1 Å². The van der Waals surface area contributed by atoms with Crippen LogP contribution in [0.4, 0.5) is 4.39 Å². The maximum atomic E-state index is 13.4. The van der Waals surface area contributed by atoms with Gasteiger partial charge >= 0.3 is 5.97 Å². The molecule has 1 fully saturated rings. The molecule has 0 bridgehead atoms. The summed E-state index contributed by atoms with van der Waals surface area (Å²) in [7, 11) is 1.36. The van der Waals surface area contributed by atoms with Gasteiger partial charge in [0.25, 0.3) is 0 Å². The van der Waals surface area contributed by atoms with Crippen LogP contribution in [0, 0.1) is 5.82 Å². The number of carbonyl (C=O) groups is 1. The Bertz CT molecular complexity index is 518. The van der Waals surface area contributed by atoms with Crippen molar-refractivity contribution in [2.45, 2.75) is 18.9 Å². The molecular weight excluding hydrogens is 295 g/mol. The topological polar surface area (TPSA) is 41.6 Å². The van der Waals surface area contributed by atoms with Gasteiger partial charge in [-0.05, 0) is 37.6 Å². The van der Waals surface area contributed by atoms with Crippen molar-refractivity contribution < 1.29 is 13.9 Å². The van der Waals surface area contributed by atoms with Gasteiger partial charge in [0.2, 0.25) is 0 Å². The predicted molar refractivity (Wildman–Crippen MR) is 79.8 cm³/mol. The van der Waals surface area contributed by atoms with Crippen molar-refractivity contribution in [3.63, 3.8) is 0 Å². The zero-order valence-corrected chi connectivity index (χ0v) is 13.0. The molecule has 1 aliphatic rings. The second kappa shape index (κ2) is 6.73. The highest BCUT2D eigenvalue weighted by molar-refractivity contribution is 6.30. The Balaban J connectivity index is 2.44. The molecule has 6 heteroatoms. The summed E-state index contributed by atoms with van der Waals surface area (Å²) >= 11 is 5.88. The van der Waals surface area contributed by atoms with Crippen LogP contribution in [0.1, 0.15) is 18.9 Å².